The quantitative estimate of drug-likeness (QED) is 0.513. The van der Waals surface area contributed by atoms with E-state index in [-0.39, 0.29) is 14.7 Å². The first-order chi connectivity index (χ1) is 9.90. The Morgan fingerprint density at radius 2 is 1.75 bits per heavy atom. The molecule has 0 N–H and O–H groups in total. The first-order valence-electron chi connectivity index (χ1n) is 7.40. The number of benzene rings is 1. The van der Waals surface area contributed by atoms with E-state index in [1.54, 1.807) is 0 Å². The van der Waals surface area contributed by atoms with Crippen LogP contribution in [0.15, 0.2) is 29.2 Å². The van der Waals surface area contributed by atoms with Gasteiger partial charge in [-0.25, -0.2) is 0 Å². The molecule has 0 atom stereocenters. The van der Waals surface area contributed by atoms with E-state index in [4.69, 9.17) is 4.74 Å². The first kappa shape index (κ1) is 15.3. The Labute approximate surface area is 127 Å². The fourth-order valence-corrected chi connectivity index (χ4v) is 3.06. The van der Waals surface area contributed by atoms with Crippen molar-refractivity contribution in [1.82, 2.24) is 9.19 Å². The Hall–Kier alpha value is -1.12. The van der Waals surface area contributed by atoms with Crippen molar-refractivity contribution in [3.05, 3.63) is 29.2 Å². The summed E-state index contributed by atoms with van der Waals surface area (Å²) in [7, 11) is 0. The molecule has 1 aromatic heterocycles. The van der Waals surface area contributed by atoms with Crippen LogP contribution < -0.4 is 4.74 Å². The van der Waals surface area contributed by atoms with Crippen molar-refractivity contribution in [2.24, 2.45) is 0 Å². The third kappa shape index (κ3) is 5.10. The molecule has 108 valence electrons. The van der Waals surface area contributed by atoms with Gasteiger partial charge in [0, 0.05) is 0 Å². The van der Waals surface area contributed by atoms with Crippen molar-refractivity contribution in [2.45, 2.75) is 45.4 Å². The molecule has 1 heterocycles. The van der Waals surface area contributed by atoms with Gasteiger partial charge < -0.3 is 0 Å². The summed E-state index contributed by atoms with van der Waals surface area (Å²) in [6.07, 6.45) is 7.77. The van der Waals surface area contributed by atoms with Gasteiger partial charge in [-0.05, 0) is 0 Å². The summed E-state index contributed by atoms with van der Waals surface area (Å²) in [4.78, 5) is 2.10. The first-order valence-corrected chi connectivity index (χ1v) is 9.16. The van der Waals surface area contributed by atoms with E-state index in [0.29, 0.717) is 0 Å². The number of aromatic nitrogens is 2. The minimum atomic E-state index is 0.197. The van der Waals surface area contributed by atoms with Gasteiger partial charge in [-0.3, -0.25) is 0 Å². The van der Waals surface area contributed by atoms with Crippen LogP contribution in [0.3, 0.4) is 0 Å². The van der Waals surface area contributed by atoms with Crippen LogP contribution in [0, 0.1) is 0 Å². The minimum absolute atomic E-state index is 0.197. The van der Waals surface area contributed by atoms with Crippen molar-refractivity contribution in [3.63, 3.8) is 0 Å². The van der Waals surface area contributed by atoms with Crippen molar-refractivity contribution < 1.29 is 4.74 Å². The number of unbranched alkanes of at least 4 members (excludes halogenated alkanes) is 5. The van der Waals surface area contributed by atoms with E-state index in [0.717, 1.165) is 30.0 Å². The standard InChI is InChI=1S/C16H22N2OSe/c1-2-3-4-5-6-7-12-19-15-10-8-14(9-11-15)16-13-20-18-17-16/h8-11,13H,2-7,12H2,1H3. The molecule has 0 amide bonds. The number of ether oxygens (including phenoxy) is 1. The van der Waals surface area contributed by atoms with Crippen molar-refractivity contribution in [2.75, 3.05) is 6.61 Å². The molecule has 0 saturated heterocycles. The molecule has 0 unspecified atom stereocenters. The van der Waals surface area contributed by atoms with Gasteiger partial charge in [0.2, 0.25) is 0 Å². The molecule has 2 aromatic rings. The van der Waals surface area contributed by atoms with Crippen LogP contribution in [0.5, 0.6) is 5.75 Å². The van der Waals surface area contributed by atoms with Gasteiger partial charge in [-0.2, -0.15) is 0 Å². The van der Waals surface area contributed by atoms with Crippen LogP contribution in [0.1, 0.15) is 45.4 Å². The fourth-order valence-electron chi connectivity index (χ4n) is 2.08. The summed E-state index contributed by atoms with van der Waals surface area (Å²) in [5, 5.41) is 4.12. The SMILES string of the molecule is CCCCCCCCOc1ccc(-c2c[se]nn2)cc1. The molecule has 3 nitrogen and oxygen atoms in total. The van der Waals surface area contributed by atoms with Crippen LogP contribution in [0.4, 0.5) is 0 Å². The molecule has 4 heteroatoms. The Bertz CT molecular complexity index is 468. The van der Waals surface area contributed by atoms with Crippen molar-refractivity contribution >= 4 is 14.7 Å². The van der Waals surface area contributed by atoms with E-state index in [9.17, 15) is 0 Å². The van der Waals surface area contributed by atoms with Gasteiger partial charge in [0.1, 0.15) is 0 Å². The van der Waals surface area contributed by atoms with E-state index in [2.05, 4.69) is 33.2 Å². The van der Waals surface area contributed by atoms with Gasteiger partial charge in [0.15, 0.2) is 0 Å². The Morgan fingerprint density at radius 3 is 2.45 bits per heavy atom. The topological polar surface area (TPSA) is 35.0 Å². The molecule has 0 fully saturated rings. The zero-order valence-corrected chi connectivity index (χ0v) is 13.8. The van der Waals surface area contributed by atoms with Crippen LogP contribution in [-0.4, -0.2) is 30.5 Å². The van der Waals surface area contributed by atoms with E-state index in [1.807, 2.05) is 12.1 Å². The predicted octanol–water partition coefficient (Wildman–Crippen LogP) is 3.94. The summed E-state index contributed by atoms with van der Waals surface area (Å²) in [5.74, 6) is 0.948. The molecule has 20 heavy (non-hydrogen) atoms. The monoisotopic (exact) mass is 338 g/mol. The Kier molecular flexibility index (Phi) is 6.82. The van der Waals surface area contributed by atoms with Gasteiger partial charge >= 0.3 is 107 Å². The summed E-state index contributed by atoms with van der Waals surface area (Å²) < 4.78 is 9.78. The zero-order valence-electron chi connectivity index (χ0n) is 12.0. The van der Waals surface area contributed by atoms with Crippen molar-refractivity contribution in [1.29, 1.82) is 0 Å². The predicted molar refractivity (Wildman–Crippen MR) is 83.3 cm³/mol. The molecule has 0 aliphatic heterocycles. The second-order valence-corrected chi connectivity index (χ2v) is 6.21. The molecule has 0 spiro atoms. The number of nitrogens with zero attached hydrogens (tertiary/aromatic N) is 2. The third-order valence-corrected chi connectivity index (χ3v) is 4.34. The third-order valence-electron chi connectivity index (χ3n) is 3.28. The number of hydrogen-bond donors (Lipinski definition) is 0. The summed E-state index contributed by atoms with van der Waals surface area (Å²) in [5.41, 5.74) is 2.12. The van der Waals surface area contributed by atoms with Crippen LogP contribution in [0.25, 0.3) is 11.3 Å². The summed E-state index contributed by atoms with van der Waals surface area (Å²) in [6.45, 7) is 3.06. The summed E-state index contributed by atoms with van der Waals surface area (Å²) in [6, 6.07) is 8.16. The van der Waals surface area contributed by atoms with Crippen LogP contribution in [0.2, 0.25) is 0 Å². The normalized spacial score (nSPS) is 10.7. The van der Waals surface area contributed by atoms with Crippen LogP contribution in [-0.2, 0) is 0 Å². The maximum atomic E-state index is 5.76. The van der Waals surface area contributed by atoms with Crippen LogP contribution >= 0.6 is 0 Å². The Balaban J connectivity index is 1.67. The molecular weight excluding hydrogens is 315 g/mol. The van der Waals surface area contributed by atoms with Gasteiger partial charge in [0.05, 0.1) is 0 Å². The van der Waals surface area contributed by atoms with Gasteiger partial charge in [0.25, 0.3) is 0 Å². The summed E-state index contributed by atoms with van der Waals surface area (Å²) >= 11 is 0.197. The molecule has 0 saturated carbocycles. The second-order valence-electron chi connectivity index (χ2n) is 4.93. The molecule has 0 bridgehead atoms. The molecule has 1 aromatic carbocycles. The number of hydrogen-bond acceptors (Lipinski definition) is 3. The average Bonchev–Trinajstić information content (AvgIpc) is 3.01. The molecular formula is C16H22N2OSe. The van der Waals surface area contributed by atoms with E-state index in [1.165, 1.54) is 32.1 Å². The number of rotatable bonds is 9. The maximum absolute atomic E-state index is 5.76. The Morgan fingerprint density at radius 1 is 1.00 bits per heavy atom. The van der Waals surface area contributed by atoms with E-state index >= 15 is 0 Å². The fraction of sp³-hybridized carbons (Fsp3) is 0.500. The zero-order chi connectivity index (χ0) is 14.0. The molecule has 2 rings (SSSR count). The van der Waals surface area contributed by atoms with Gasteiger partial charge in [-0.1, -0.05) is 19.8 Å². The molecule has 0 radical (unpaired) electrons. The molecule has 0 aliphatic rings. The average molecular weight is 337 g/mol. The van der Waals surface area contributed by atoms with E-state index < -0.39 is 0 Å². The van der Waals surface area contributed by atoms with Crippen molar-refractivity contribution in [3.8, 4) is 17.0 Å². The molecule has 0 aliphatic carbocycles. The van der Waals surface area contributed by atoms with Gasteiger partial charge in [-0.15, -0.1) is 0 Å². The second kappa shape index (κ2) is 8.93.